The molecule has 0 bridgehead atoms. The second-order valence-electron chi connectivity index (χ2n) is 5.57. The Labute approximate surface area is 145 Å². The third kappa shape index (κ3) is 2.97. The Kier molecular flexibility index (Phi) is 4.49. The lowest BCUT2D eigenvalue weighted by Gasteiger charge is -2.09. The number of aryl methyl sites for hydroxylation is 2. The van der Waals surface area contributed by atoms with E-state index in [4.69, 9.17) is 4.52 Å². The fraction of sp³-hybridized carbons (Fsp3) is 0.222. The number of hydrogen-bond donors (Lipinski definition) is 1. The molecule has 1 amide bonds. The molecule has 5 nitrogen and oxygen atoms in total. The van der Waals surface area contributed by atoms with Gasteiger partial charge in [-0.3, -0.25) is 9.36 Å². The minimum atomic E-state index is -0.129. The fourth-order valence-electron chi connectivity index (χ4n) is 2.74. The summed E-state index contributed by atoms with van der Waals surface area (Å²) in [7, 11) is 0. The van der Waals surface area contributed by atoms with Crippen LogP contribution in [-0.4, -0.2) is 21.9 Å². The van der Waals surface area contributed by atoms with Crippen molar-refractivity contribution in [2.45, 2.75) is 25.7 Å². The molecule has 1 aromatic carbocycles. The zero-order valence-electron chi connectivity index (χ0n) is 14.1. The Morgan fingerprint density at radius 2 is 1.96 bits per heavy atom. The van der Waals surface area contributed by atoms with Crippen LogP contribution in [-0.2, 0) is 0 Å². The molecule has 2 heterocycles. The number of nitrogens with zero attached hydrogens (tertiary/aromatic N) is 2. The Morgan fingerprint density at radius 1 is 1.21 bits per heavy atom. The van der Waals surface area contributed by atoms with Crippen LogP contribution >= 0.6 is 11.8 Å². The fourth-order valence-corrected chi connectivity index (χ4v) is 3.30. The molecule has 0 spiro atoms. The molecule has 124 valence electrons. The monoisotopic (exact) mass is 341 g/mol. The maximum atomic E-state index is 12.7. The number of anilines is 1. The van der Waals surface area contributed by atoms with Crippen LogP contribution in [0.4, 0.5) is 5.69 Å². The van der Waals surface area contributed by atoms with E-state index in [0.29, 0.717) is 11.4 Å². The van der Waals surface area contributed by atoms with Crippen molar-refractivity contribution in [2.75, 3.05) is 11.6 Å². The number of carbonyl (C=O) groups is 1. The van der Waals surface area contributed by atoms with Crippen LogP contribution in [0.5, 0.6) is 0 Å². The van der Waals surface area contributed by atoms with Crippen molar-refractivity contribution >= 4 is 23.4 Å². The molecular formula is C18H19N3O2S. The Bertz CT molecular complexity index is 896. The number of hydrogen-bond acceptors (Lipinski definition) is 4. The van der Waals surface area contributed by atoms with Gasteiger partial charge in [-0.15, -0.1) is 11.8 Å². The van der Waals surface area contributed by atoms with Crippen molar-refractivity contribution in [3.63, 3.8) is 0 Å². The molecule has 3 rings (SSSR count). The molecule has 0 aliphatic rings. The standard InChI is InChI=1S/C18H19N3O2S/c1-11-9-14(13(3)21(11)17-10-12(2)23-20-17)18(22)19-15-7-5-6-8-16(15)24-4/h5-10H,1-4H3,(H,19,22). The van der Waals surface area contributed by atoms with Gasteiger partial charge in [0.2, 0.25) is 0 Å². The van der Waals surface area contributed by atoms with E-state index >= 15 is 0 Å². The first-order valence-electron chi connectivity index (χ1n) is 7.58. The van der Waals surface area contributed by atoms with Crippen molar-refractivity contribution in [2.24, 2.45) is 0 Å². The van der Waals surface area contributed by atoms with Gasteiger partial charge in [-0.05, 0) is 45.2 Å². The van der Waals surface area contributed by atoms with Crippen LogP contribution in [0.25, 0.3) is 5.82 Å². The van der Waals surface area contributed by atoms with Crippen molar-refractivity contribution in [1.82, 2.24) is 9.72 Å². The molecule has 0 saturated heterocycles. The number of thioether (sulfide) groups is 1. The molecule has 24 heavy (non-hydrogen) atoms. The highest BCUT2D eigenvalue weighted by molar-refractivity contribution is 7.98. The first kappa shape index (κ1) is 16.4. The highest BCUT2D eigenvalue weighted by Crippen LogP contribution is 2.26. The molecule has 0 atom stereocenters. The SMILES string of the molecule is CSc1ccccc1NC(=O)c1cc(C)n(-c2cc(C)on2)c1C. The number of amides is 1. The molecule has 0 unspecified atom stereocenters. The number of nitrogens with one attached hydrogen (secondary N) is 1. The zero-order chi connectivity index (χ0) is 17.3. The van der Waals surface area contributed by atoms with Gasteiger partial charge in [0.05, 0.1) is 11.3 Å². The summed E-state index contributed by atoms with van der Waals surface area (Å²) in [5.41, 5.74) is 3.21. The van der Waals surface area contributed by atoms with Crippen molar-refractivity contribution < 1.29 is 9.32 Å². The van der Waals surface area contributed by atoms with E-state index in [-0.39, 0.29) is 5.91 Å². The molecule has 6 heteroatoms. The van der Waals surface area contributed by atoms with E-state index in [1.807, 2.05) is 68.0 Å². The minimum absolute atomic E-state index is 0.129. The van der Waals surface area contributed by atoms with Gasteiger partial charge in [0.25, 0.3) is 5.91 Å². The van der Waals surface area contributed by atoms with Gasteiger partial charge in [-0.1, -0.05) is 17.3 Å². The Balaban J connectivity index is 1.94. The van der Waals surface area contributed by atoms with Crippen LogP contribution in [0.3, 0.4) is 0 Å². The third-order valence-electron chi connectivity index (χ3n) is 3.88. The summed E-state index contributed by atoms with van der Waals surface area (Å²) in [5.74, 6) is 1.29. The molecule has 0 radical (unpaired) electrons. The lowest BCUT2D eigenvalue weighted by molar-refractivity contribution is 0.102. The van der Waals surface area contributed by atoms with E-state index in [1.165, 1.54) is 0 Å². The van der Waals surface area contributed by atoms with E-state index in [2.05, 4.69) is 10.5 Å². The summed E-state index contributed by atoms with van der Waals surface area (Å²) in [6, 6.07) is 11.5. The lowest BCUT2D eigenvalue weighted by atomic mass is 10.2. The van der Waals surface area contributed by atoms with E-state index < -0.39 is 0 Å². The van der Waals surface area contributed by atoms with E-state index in [1.54, 1.807) is 11.8 Å². The quantitative estimate of drug-likeness (QED) is 0.716. The predicted octanol–water partition coefficient (Wildman–Crippen LogP) is 4.36. The lowest BCUT2D eigenvalue weighted by Crippen LogP contribution is -2.13. The first-order chi connectivity index (χ1) is 11.5. The predicted molar refractivity (Wildman–Crippen MR) is 96.2 cm³/mol. The maximum absolute atomic E-state index is 12.7. The van der Waals surface area contributed by atoms with Crippen molar-refractivity contribution in [3.8, 4) is 5.82 Å². The van der Waals surface area contributed by atoms with Gasteiger partial charge in [0.15, 0.2) is 5.82 Å². The smallest absolute Gasteiger partial charge is 0.257 e. The van der Waals surface area contributed by atoms with Crippen LogP contribution in [0.1, 0.15) is 27.5 Å². The molecule has 1 N–H and O–H groups in total. The average Bonchev–Trinajstić information content (AvgIpc) is 3.11. The Morgan fingerprint density at radius 3 is 2.62 bits per heavy atom. The van der Waals surface area contributed by atoms with Crippen molar-refractivity contribution in [3.05, 3.63) is 59.1 Å². The van der Waals surface area contributed by atoms with E-state index in [0.717, 1.165) is 27.7 Å². The second kappa shape index (κ2) is 6.57. The molecule has 3 aromatic rings. The number of benzene rings is 1. The molecular weight excluding hydrogens is 322 g/mol. The summed E-state index contributed by atoms with van der Waals surface area (Å²) in [6.07, 6.45) is 1.99. The second-order valence-corrected chi connectivity index (χ2v) is 6.42. The number of rotatable bonds is 4. The van der Waals surface area contributed by atoms with E-state index in [9.17, 15) is 4.79 Å². The topological polar surface area (TPSA) is 60.1 Å². The number of aromatic nitrogens is 2. The summed E-state index contributed by atoms with van der Waals surface area (Å²) in [6.45, 7) is 5.70. The summed E-state index contributed by atoms with van der Waals surface area (Å²) >= 11 is 1.60. The third-order valence-corrected chi connectivity index (χ3v) is 4.67. The highest BCUT2D eigenvalue weighted by Gasteiger charge is 2.19. The summed E-state index contributed by atoms with van der Waals surface area (Å²) in [5, 5.41) is 7.04. The van der Waals surface area contributed by atoms with Gasteiger partial charge in [-0.2, -0.15) is 0 Å². The van der Waals surface area contributed by atoms with Gasteiger partial charge in [0.1, 0.15) is 5.76 Å². The molecule has 0 aliphatic carbocycles. The number of para-hydroxylation sites is 1. The largest absolute Gasteiger partial charge is 0.360 e. The highest BCUT2D eigenvalue weighted by atomic mass is 32.2. The molecule has 0 aliphatic heterocycles. The van der Waals surface area contributed by atoms with Gasteiger partial charge in [-0.25, -0.2) is 0 Å². The van der Waals surface area contributed by atoms with Gasteiger partial charge < -0.3 is 9.84 Å². The van der Waals surface area contributed by atoms with Gasteiger partial charge >= 0.3 is 0 Å². The average molecular weight is 341 g/mol. The summed E-state index contributed by atoms with van der Waals surface area (Å²) in [4.78, 5) is 13.8. The minimum Gasteiger partial charge on any atom is -0.360 e. The van der Waals surface area contributed by atoms with Crippen LogP contribution in [0.15, 0.2) is 45.8 Å². The number of carbonyl (C=O) groups excluding carboxylic acids is 1. The maximum Gasteiger partial charge on any atom is 0.257 e. The van der Waals surface area contributed by atoms with Crippen LogP contribution in [0, 0.1) is 20.8 Å². The zero-order valence-corrected chi connectivity index (χ0v) is 14.9. The van der Waals surface area contributed by atoms with Crippen LogP contribution in [0.2, 0.25) is 0 Å². The normalized spacial score (nSPS) is 10.8. The molecule has 0 fully saturated rings. The van der Waals surface area contributed by atoms with Crippen molar-refractivity contribution in [1.29, 1.82) is 0 Å². The van der Waals surface area contributed by atoms with Crippen LogP contribution < -0.4 is 5.32 Å². The molecule has 0 saturated carbocycles. The van der Waals surface area contributed by atoms with Gasteiger partial charge in [0, 0.05) is 22.3 Å². The Hall–Kier alpha value is -2.47. The molecule has 2 aromatic heterocycles. The first-order valence-corrected chi connectivity index (χ1v) is 8.80. The summed E-state index contributed by atoms with van der Waals surface area (Å²) < 4.78 is 7.07.